The molecule has 2 N–H and O–H groups in total. The van der Waals surface area contributed by atoms with E-state index in [1.165, 1.54) is 0 Å². The van der Waals surface area contributed by atoms with E-state index in [1.54, 1.807) is 26.8 Å². The minimum atomic E-state index is -0.498. The van der Waals surface area contributed by atoms with Gasteiger partial charge in [0.25, 0.3) is 0 Å². The lowest BCUT2D eigenvalue weighted by Crippen LogP contribution is -2.39. The van der Waals surface area contributed by atoms with Crippen LogP contribution in [0.3, 0.4) is 0 Å². The first kappa shape index (κ1) is 14.0. The molecular formula is C11H21NO3. The molecular weight excluding hydrogens is 194 g/mol. The zero-order chi connectivity index (χ0) is 11.9. The Morgan fingerprint density at radius 3 is 2.60 bits per heavy atom. The molecule has 88 valence electrons. The summed E-state index contributed by atoms with van der Waals surface area (Å²) in [7, 11) is 0. The van der Waals surface area contributed by atoms with Crippen molar-refractivity contribution in [3.63, 3.8) is 0 Å². The summed E-state index contributed by atoms with van der Waals surface area (Å²) < 4.78 is 5.09. The number of amides is 1. The second-order valence-electron chi connectivity index (χ2n) is 4.38. The highest BCUT2D eigenvalue weighted by Gasteiger charge is 2.18. The maximum Gasteiger partial charge on any atom is 0.407 e. The summed E-state index contributed by atoms with van der Waals surface area (Å²) in [5, 5.41) is 11.5. The number of rotatable bonds is 5. The maximum absolute atomic E-state index is 11.4. The van der Waals surface area contributed by atoms with E-state index in [1.807, 2.05) is 0 Å². The van der Waals surface area contributed by atoms with Gasteiger partial charge in [0.15, 0.2) is 0 Å². The SMILES string of the molecule is C=CC[C@@H](CCO)NC(=O)OC(C)(C)C. The summed E-state index contributed by atoms with van der Waals surface area (Å²) in [4.78, 5) is 11.4. The maximum atomic E-state index is 11.4. The molecule has 0 bridgehead atoms. The van der Waals surface area contributed by atoms with Crippen molar-refractivity contribution in [2.75, 3.05) is 6.61 Å². The van der Waals surface area contributed by atoms with Gasteiger partial charge in [0.05, 0.1) is 0 Å². The number of hydrogen-bond donors (Lipinski definition) is 2. The standard InChI is InChI=1S/C11H21NO3/c1-5-6-9(7-8-13)12-10(14)15-11(2,3)4/h5,9,13H,1,6-8H2,2-4H3,(H,12,14)/t9-/m0/s1. The van der Waals surface area contributed by atoms with E-state index in [9.17, 15) is 4.79 Å². The Kier molecular flexibility index (Phi) is 6.01. The largest absolute Gasteiger partial charge is 0.444 e. The first-order valence-electron chi connectivity index (χ1n) is 5.10. The van der Waals surface area contributed by atoms with Gasteiger partial charge < -0.3 is 15.2 Å². The molecule has 1 amide bonds. The van der Waals surface area contributed by atoms with Crippen molar-refractivity contribution in [1.29, 1.82) is 0 Å². The third-order valence-corrected chi connectivity index (χ3v) is 1.65. The van der Waals surface area contributed by atoms with Gasteiger partial charge >= 0.3 is 6.09 Å². The molecule has 0 saturated carbocycles. The van der Waals surface area contributed by atoms with Crippen molar-refractivity contribution in [1.82, 2.24) is 5.32 Å². The lowest BCUT2D eigenvalue weighted by atomic mass is 10.1. The van der Waals surface area contributed by atoms with Crippen LogP contribution in [-0.4, -0.2) is 29.4 Å². The fraction of sp³-hybridized carbons (Fsp3) is 0.727. The minimum absolute atomic E-state index is 0.0360. The number of carbonyl (C=O) groups excluding carboxylic acids is 1. The van der Waals surface area contributed by atoms with Crippen molar-refractivity contribution in [2.45, 2.75) is 45.3 Å². The van der Waals surface area contributed by atoms with Gasteiger partial charge in [-0.05, 0) is 33.6 Å². The van der Waals surface area contributed by atoms with Gasteiger partial charge in [-0.25, -0.2) is 4.79 Å². The first-order valence-corrected chi connectivity index (χ1v) is 5.10. The summed E-state index contributed by atoms with van der Waals surface area (Å²) in [6.07, 6.45) is 2.38. The van der Waals surface area contributed by atoms with Crippen LogP contribution in [0.15, 0.2) is 12.7 Å². The molecule has 1 atom stereocenters. The van der Waals surface area contributed by atoms with Crippen molar-refractivity contribution in [3.05, 3.63) is 12.7 Å². The second kappa shape index (κ2) is 6.45. The lowest BCUT2D eigenvalue weighted by molar-refractivity contribution is 0.0498. The van der Waals surface area contributed by atoms with Gasteiger partial charge in [0.2, 0.25) is 0 Å². The number of aliphatic hydroxyl groups excluding tert-OH is 1. The van der Waals surface area contributed by atoms with Crippen LogP contribution in [0.5, 0.6) is 0 Å². The fourth-order valence-electron chi connectivity index (χ4n) is 1.08. The van der Waals surface area contributed by atoms with E-state index in [-0.39, 0.29) is 12.6 Å². The van der Waals surface area contributed by atoms with Crippen LogP contribution in [0.4, 0.5) is 4.79 Å². The Hall–Kier alpha value is -1.03. The van der Waals surface area contributed by atoms with E-state index in [0.29, 0.717) is 12.8 Å². The van der Waals surface area contributed by atoms with Crippen molar-refractivity contribution < 1.29 is 14.6 Å². The molecule has 0 aromatic rings. The summed E-state index contributed by atoms with van der Waals surface area (Å²) in [6.45, 7) is 9.05. The average molecular weight is 215 g/mol. The molecule has 0 aliphatic heterocycles. The highest BCUT2D eigenvalue weighted by molar-refractivity contribution is 5.68. The Labute approximate surface area is 91.3 Å². The van der Waals surface area contributed by atoms with Gasteiger partial charge in [-0.15, -0.1) is 6.58 Å². The smallest absolute Gasteiger partial charge is 0.407 e. The van der Waals surface area contributed by atoms with Gasteiger partial charge in [-0.2, -0.15) is 0 Å². The highest BCUT2D eigenvalue weighted by atomic mass is 16.6. The Bertz CT molecular complexity index is 208. The third-order valence-electron chi connectivity index (χ3n) is 1.65. The van der Waals surface area contributed by atoms with Crippen molar-refractivity contribution >= 4 is 6.09 Å². The van der Waals surface area contributed by atoms with E-state index < -0.39 is 11.7 Å². The van der Waals surface area contributed by atoms with E-state index >= 15 is 0 Å². The Morgan fingerprint density at radius 2 is 2.20 bits per heavy atom. The molecule has 4 heteroatoms. The molecule has 0 unspecified atom stereocenters. The van der Waals surface area contributed by atoms with Crippen molar-refractivity contribution in [3.8, 4) is 0 Å². The number of carbonyl (C=O) groups is 1. The molecule has 0 saturated heterocycles. The molecule has 0 aliphatic rings. The average Bonchev–Trinajstić information content (AvgIpc) is 2.00. The van der Waals surface area contributed by atoms with Crippen LogP contribution in [-0.2, 0) is 4.74 Å². The van der Waals surface area contributed by atoms with Crippen LogP contribution in [0.25, 0.3) is 0 Å². The normalized spacial score (nSPS) is 13.1. The predicted molar refractivity (Wildman–Crippen MR) is 59.7 cm³/mol. The Balaban J connectivity index is 4.04. The van der Waals surface area contributed by atoms with E-state index in [4.69, 9.17) is 9.84 Å². The summed E-state index contributed by atoms with van der Waals surface area (Å²) in [5.74, 6) is 0. The van der Waals surface area contributed by atoms with Gasteiger partial charge in [-0.3, -0.25) is 0 Å². The Morgan fingerprint density at radius 1 is 1.60 bits per heavy atom. The van der Waals surface area contributed by atoms with Crippen LogP contribution >= 0.6 is 0 Å². The third kappa shape index (κ3) is 8.00. The van der Waals surface area contributed by atoms with E-state index in [2.05, 4.69) is 11.9 Å². The summed E-state index contributed by atoms with van der Waals surface area (Å²) >= 11 is 0. The van der Waals surface area contributed by atoms with Gasteiger partial charge in [0, 0.05) is 12.6 Å². The fourth-order valence-corrected chi connectivity index (χ4v) is 1.08. The predicted octanol–water partition coefficient (Wildman–Crippen LogP) is 1.84. The highest BCUT2D eigenvalue weighted by Crippen LogP contribution is 2.08. The van der Waals surface area contributed by atoms with Crippen LogP contribution in [0, 0.1) is 0 Å². The minimum Gasteiger partial charge on any atom is -0.444 e. The molecule has 0 radical (unpaired) electrons. The van der Waals surface area contributed by atoms with Gasteiger partial charge in [0.1, 0.15) is 5.60 Å². The van der Waals surface area contributed by atoms with Crippen LogP contribution in [0.2, 0.25) is 0 Å². The molecule has 0 spiro atoms. The molecule has 15 heavy (non-hydrogen) atoms. The second-order valence-corrected chi connectivity index (χ2v) is 4.38. The zero-order valence-electron chi connectivity index (χ0n) is 9.75. The monoisotopic (exact) mass is 215 g/mol. The zero-order valence-corrected chi connectivity index (χ0v) is 9.75. The number of aliphatic hydroxyl groups is 1. The lowest BCUT2D eigenvalue weighted by Gasteiger charge is -2.22. The molecule has 4 nitrogen and oxygen atoms in total. The quantitative estimate of drug-likeness (QED) is 0.688. The molecule has 0 fully saturated rings. The van der Waals surface area contributed by atoms with Crippen molar-refractivity contribution in [2.24, 2.45) is 0 Å². The number of alkyl carbamates (subject to hydrolysis) is 1. The number of ether oxygens (including phenoxy) is 1. The topological polar surface area (TPSA) is 58.6 Å². The molecule has 0 heterocycles. The van der Waals surface area contributed by atoms with Crippen LogP contribution in [0.1, 0.15) is 33.6 Å². The summed E-state index contributed by atoms with van der Waals surface area (Å²) in [6, 6.07) is -0.109. The first-order chi connectivity index (χ1) is 6.89. The van der Waals surface area contributed by atoms with Gasteiger partial charge in [-0.1, -0.05) is 6.08 Å². The van der Waals surface area contributed by atoms with E-state index in [0.717, 1.165) is 0 Å². The molecule has 0 aromatic carbocycles. The molecule has 0 aromatic heterocycles. The number of hydrogen-bond acceptors (Lipinski definition) is 3. The molecule has 0 aliphatic carbocycles. The number of nitrogens with one attached hydrogen (secondary N) is 1. The summed E-state index contributed by atoms with van der Waals surface area (Å²) in [5.41, 5.74) is -0.498. The molecule has 0 rings (SSSR count). The van der Waals surface area contributed by atoms with Crippen LogP contribution < -0.4 is 5.32 Å².